The lowest BCUT2D eigenvalue weighted by Crippen LogP contribution is -2.21. The molecule has 0 spiro atoms. The molecular weight excluding hydrogens is 403 g/mol. The average molecular weight is 417 g/mol. The largest absolute Gasteiger partial charge is 0.488 e. The molecule has 0 aliphatic carbocycles. The van der Waals surface area contributed by atoms with Gasteiger partial charge in [-0.05, 0) is 35.9 Å². The number of aromatic nitrogens is 1. The SMILES string of the molecule is O=C(Nc1ncc(Cc2ccccc2Cl)s1)C1=Cc2cc(Cl)ccc2OC1. The van der Waals surface area contributed by atoms with Crippen molar-refractivity contribution in [2.75, 3.05) is 11.9 Å². The molecular formula is C20H14Cl2N2O2S. The van der Waals surface area contributed by atoms with Gasteiger partial charge in [0.05, 0.1) is 5.57 Å². The highest BCUT2D eigenvalue weighted by Gasteiger charge is 2.18. The third-order valence-corrected chi connectivity index (χ3v) is 5.59. The fraction of sp³-hybridized carbons (Fsp3) is 0.100. The van der Waals surface area contributed by atoms with Crippen LogP contribution >= 0.6 is 34.5 Å². The number of halogens is 2. The molecule has 0 radical (unpaired) electrons. The van der Waals surface area contributed by atoms with Gasteiger partial charge in [-0.3, -0.25) is 10.1 Å². The van der Waals surface area contributed by atoms with Crippen LogP contribution in [0.25, 0.3) is 6.08 Å². The fourth-order valence-electron chi connectivity index (χ4n) is 2.73. The zero-order valence-electron chi connectivity index (χ0n) is 14.0. The first-order valence-corrected chi connectivity index (χ1v) is 9.78. The minimum atomic E-state index is -0.237. The van der Waals surface area contributed by atoms with Gasteiger partial charge in [0.1, 0.15) is 12.4 Å². The van der Waals surface area contributed by atoms with Crippen molar-refractivity contribution in [2.45, 2.75) is 6.42 Å². The van der Waals surface area contributed by atoms with Gasteiger partial charge in [0.2, 0.25) is 0 Å². The lowest BCUT2D eigenvalue weighted by atomic mass is 10.1. The van der Waals surface area contributed by atoms with Crippen molar-refractivity contribution < 1.29 is 9.53 Å². The maximum absolute atomic E-state index is 12.5. The van der Waals surface area contributed by atoms with Crippen molar-refractivity contribution in [3.63, 3.8) is 0 Å². The lowest BCUT2D eigenvalue weighted by Gasteiger charge is -2.17. The predicted molar refractivity (Wildman–Crippen MR) is 110 cm³/mol. The second-order valence-corrected chi connectivity index (χ2v) is 7.95. The molecule has 0 saturated carbocycles. The molecule has 0 fully saturated rings. The molecule has 1 aliphatic heterocycles. The van der Waals surface area contributed by atoms with Crippen molar-refractivity contribution in [1.82, 2.24) is 4.98 Å². The number of carbonyl (C=O) groups excluding carboxylic acids is 1. The molecule has 4 nitrogen and oxygen atoms in total. The summed E-state index contributed by atoms with van der Waals surface area (Å²) in [6.07, 6.45) is 4.22. The number of benzene rings is 2. The minimum absolute atomic E-state index is 0.207. The highest BCUT2D eigenvalue weighted by Crippen LogP contribution is 2.30. The summed E-state index contributed by atoms with van der Waals surface area (Å²) in [6.45, 7) is 0.207. The molecule has 4 rings (SSSR count). The number of ether oxygens (including phenoxy) is 1. The Morgan fingerprint density at radius 2 is 2.07 bits per heavy atom. The zero-order chi connectivity index (χ0) is 18.8. The van der Waals surface area contributed by atoms with Crippen LogP contribution in [0.3, 0.4) is 0 Å². The molecule has 7 heteroatoms. The number of hydrogen-bond acceptors (Lipinski definition) is 4. The Morgan fingerprint density at radius 3 is 2.93 bits per heavy atom. The predicted octanol–water partition coefficient (Wildman–Crippen LogP) is 5.46. The van der Waals surface area contributed by atoms with Gasteiger partial charge in [0.15, 0.2) is 5.13 Å². The highest BCUT2D eigenvalue weighted by molar-refractivity contribution is 7.15. The van der Waals surface area contributed by atoms with Crippen LogP contribution in [0.1, 0.15) is 16.0 Å². The number of nitrogens with zero attached hydrogens (tertiary/aromatic N) is 1. The maximum atomic E-state index is 12.5. The Balaban J connectivity index is 1.46. The van der Waals surface area contributed by atoms with E-state index in [0.29, 0.717) is 27.9 Å². The second kappa shape index (κ2) is 7.72. The van der Waals surface area contributed by atoms with Crippen LogP contribution in [-0.4, -0.2) is 17.5 Å². The van der Waals surface area contributed by atoms with Crippen LogP contribution < -0.4 is 10.1 Å². The van der Waals surface area contributed by atoms with E-state index in [1.807, 2.05) is 24.3 Å². The Kier molecular flexibility index (Phi) is 5.16. The summed E-state index contributed by atoms with van der Waals surface area (Å²) in [5, 5.41) is 4.69. The summed E-state index contributed by atoms with van der Waals surface area (Å²) in [7, 11) is 0. The first-order chi connectivity index (χ1) is 13.1. The molecule has 2 aromatic carbocycles. The van der Waals surface area contributed by atoms with E-state index >= 15 is 0 Å². The maximum Gasteiger partial charge on any atom is 0.256 e. The van der Waals surface area contributed by atoms with E-state index in [0.717, 1.165) is 21.0 Å². The minimum Gasteiger partial charge on any atom is -0.488 e. The van der Waals surface area contributed by atoms with Crippen LogP contribution in [0.4, 0.5) is 5.13 Å². The van der Waals surface area contributed by atoms with Crippen LogP contribution in [0.5, 0.6) is 5.75 Å². The molecule has 1 amide bonds. The normalized spacial score (nSPS) is 12.7. The number of fused-ring (bicyclic) bond motifs is 1. The quantitative estimate of drug-likeness (QED) is 0.614. The molecule has 1 aromatic heterocycles. The summed E-state index contributed by atoms with van der Waals surface area (Å²) in [5.74, 6) is 0.478. The Bertz CT molecular complexity index is 1050. The van der Waals surface area contributed by atoms with Gasteiger partial charge < -0.3 is 4.74 Å². The van der Waals surface area contributed by atoms with E-state index in [-0.39, 0.29) is 12.5 Å². The fourth-order valence-corrected chi connectivity index (χ4v) is 3.95. The first kappa shape index (κ1) is 18.0. The van der Waals surface area contributed by atoms with Crippen LogP contribution in [0, 0.1) is 0 Å². The number of amides is 1. The Morgan fingerprint density at radius 1 is 1.22 bits per heavy atom. The van der Waals surface area contributed by atoms with Gasteiger partial charge in [-0.25, -0.2) is 4.98 Å². The summed E-state index contributed by atoms with van der Waals surface area (Å²) in [4.78, 5) is 17.8. The van der Waals surface area contributed by atoms with E-state index in [1.54, 1.807) is 30.5 Å². The molecule has 1 N–H and O–H groups in total. The third-order valence-electron chi connectivity index (χ3n) is 4.07. The molecule has 0 unspecified atom stereocenters. The van der Waals surface area contributed by atoms with Crippen LogP contribution in [-0.2, 0) is 11.2 Å². The van der Waals surface area contributed by atoms with Crippen LogP contribution in [0.2, 0.25) is 10.0 Å². The van der Waals surface area contributed by atoms with E-state index < -0.39 is 0 Å². The number of nitrogens with one attached hydrogen (secondary N) is 1. The van der Waals surface area contributed by atoms with Crippen molar-refractivity contribution in [3.8, 4) is 5.75 Å². The van der Waals surface area contributed by atoms with E-state index in [2.05, 4.69) is 10.3 Å². The lowest BCUT2D eigenvalue weighted by molar-refractivity contribution is -0.113. The van der Waals surface area contributed by atoms with Gasteiger partial charge in [-0.2, -0.15) is 0 Å². The van der Waals surface area contributed by atoms with E-state index in [1.165, 1.54) is 11.3 Å². The summed E-state index contributed by atoms with van der Waals surface area (Å²) in [6, 6.07) is 13.0. The summed E-state index contributed by atoms with van der Waals surface area (Å²) < 4.78 is 5.63. The van der Waals surface area contributed by atoms with Crippen molar-refractivity contribution in [3.05, 3.63) is 80.3 Å². The van der Waals surface area contributed by atoms with Gasteiger partial charge >= 0.3 is 0 Å². The van der Waals surface area contributed by atoms with Crippen molar-refractivity contribution in [1.29, 1.82) is 0 Å². The molecule has 2 heterocycles. The molecule has 0 bridgehead atoms. The molecule has 0 atom stereocenters. The van der Waals surface area contributed by atoms with Gasteiger partial charge in [0, 0.05) is 33.1 Å². The van der Waals surface area contributed by atoms with Gasteiger partial charge in [0.25, 0.3) is 5.91 Å². The van der Waals surface area contributed by atoms with Crippen molar-refractivity contribution in [2.24, 2.45) is 0 Å². The average Bonchev–Trinajstić information content (AvgIpc) is 3.10. The first-order valence-electron chi connectivity index (χ1n) is 8.21. The number of hydrogen-bond donors (Lipinski definition) is 1. The summed E-state index contributed by atoms with van der Waals surface area (Å²) in [5.41, 5.74) is 2.34. The number of rotatable bonds is 4. The van der Waals surface area contributed by atoms with E-state index in [9.17, 15) is 4.79 Å². The zero-order valence-corrected chi connectivity index (χ0v) is 16.4. The van der Waals surface area contributed by atoms with Gasteiger partial charge in [-0.15, -0.1) is 11.3 Å². The van der Waals surface area contributed by atoms with Gasteiger partial charge in [-0.1, -0.05) is 41.4 Å². The highest BCUT2D eigenvalue weighted by atomic mass is 35.5. The number of carbonyl (C=O) groups is 1. The topological polar surface area (TPSA) is 51.2 Å². The molecule has 3 aromatic rings. The second-order valence-electron chi connectivity index (χ2n) is 5.99. The monoisotopic (exact) mass is 416 g/mol. The van der Waals surface area contributed by atoms with Crippen LogP contribution in [0.15, 0.2) is 54.2 Å². The Hall–Kier alpha value is -2.34. The Labute approximate surface area is 170 Å². The molecule has 27 heavy (non-hydrogen) atoms. The van der Waals surface area contributed by atoms with Crippen molar-refractivity contribution >= 4 is 51.7 Å². The number of anilines is 1. The molecule has 0 saturated heterocycles. The standard InChI is InChI=1S/C20H14Cl2N2O2S/c21-15-5-6-18-13(8-15)7-14(11-26-18)19(25)24-20-23-10-16(27-20)9-12-3-1-2-4-17(12)22/h1-8,10H,9,11H2,(H,23,24,25). The number of thiazole rings is 1. The molecule has 1 aliphatic rings. The molecule has 136 valence electrons. The van der Waals surface area contributed by atoms with E-state index in [4.69, 9.17) is 27.9 Å². The smallest absolute Gasteiger partial charge is 0.256 e. The third kappa shape index (κ3) is 4.16. The summed E-state index contributed by atoms with van der Waals surface area (Å²) >= 11 is 13.6.